The van der Waals surface area contributed by atoms with Gasteiger partial charge in [-0.05, 0) is 42.7 Å². The molecule has 3 nitrogen and oxygen atoms in total. The van der Waals surface area contributed by atoms with Crippen molar-refractivity contribution in [3.8, 4) is 11.3 Å². The molecule has 122 valence electrons. The van der Waals surface area contributed by atoms with E-state index in [1.807, 2.05) is 0 Å². The van der Waals surface area contributed by atoms with Crippen LogP contribution in [0.3, 0.4) is 0 Å². The number of rotatable bonds is 4. The minimum absolute atomic E-state index is 0.203. The van der Waals surface area contributed by atoms with Crippen molar-refractivity contribution < 1.29 is 4.39 Å². The van der Waals surface area contributed by atoms with Crippen molar-refractivity contribution in [2.75, 3.05) is 5.32 Å². The normalized spacial score (nSPS) is 13.5. The number of halogens is 1. The fourth-order valence-corrected chi connectivity index (χ4v) is 3.12. The van der Waals surface area contributed by atoms with Crippen molar-refractivity contribution in [1.82, 2.24) is 9.55 Å². The summed E-state index contributed by atoms with van der Waals surface area (Å²) in [5, 5.41) is 3.36. The van der Waals surface area contributed by atoms with Crippen LogP contribution in [0.25, 0.3) is 11.3 Å². The lowest BCUT2D eigenvalue weighted by atomic mass is 10.1. The highest BCUT2D eigenvalue weighted by molar-refractivity contribution is 5.62. The molecule has 2 aromatic carbocycles. The quantitative estimate of drug-likeness (QED) is 0.759. The standard InChI is InChI=1S/C20H20FN3/c21-17-8-4-15(5-9-17)13-22-18-10-6-16(7-11-18)19-14-24-12-2-1-3-20(24)23-19/h4-11,14,22H,1-3,12-13H2. The largest absolute Gasteiger partial charge is 0.381 e. The summed E-state index contributed by atoms with van der Waals surface area (Å²) in [7, 11) is 0. The predicted molar refractivity (Wildman–Crippen MR) is 94.3 cm³/mol. The molecule has 0 atom stereocenters. The van der Waals surface area contributed by atoms with Gasteiger partial charge in [-0.25, -0.2) is 9.37 Å². The summed E-state index contributed by atoms with van der Waals surface area (Å²) in [6, 6.07) is 14.9. The van der Waals surface area contributed by atoms with Gasteiger partial charge in [0, 0.05) is 37.0 Å². The maximum Gasteiger partial charge on any atom is 0.123 e. The first kappa shape index (κ1) is 14.9. The molecule has 0 radical (unpaired) electrons. The second-order valence-electron chi connectivity index (χ2n) is 6.25. The van der Waals surface area contributed by atoms with Gasteiger partial charge in [-0.3, -0.25) is 0 Å². The van der Waals surface area contributed by atoms with Gasteiger partial charge in [-0.15, -0.1) is 0 Å². The Morgan fingerprint density at radius 1 is 1.00 bits per heavy atom. The summed E-state index contributed by atoms with van der Waals surface area (Å²) >= 11 is 0. The van der Waals surface area contributed by atoms with Gasteiger partial charge < -0.3 is 9.88 Å². The second-order valence-corrected chi connectivity index (χ2v) is 6.25. The molecule has 1 aliphatic rings. The molecule has 4 rings (SSSR count). The molecule has 4 heteroatoms. The van der Waals surface area contributed by atoms with Crippen molar-refractivity contribution in [3.63, 3.8) is 0 Å². The van der Waals surface area contributed by atoms with Crippen LogP contribution >= 0.6 is 0 Å². The predicted octanol–water partition coefficient (Wildman–Crippen LogP) is 4.64. The van der Waals surface area contributed by atoms with Gasteiger partial charge in [0.25, 0.3) is 0 Å². The fraction of sp³-hybridized carbons (Fsp3) is 0.250. The minimum Gasteiger partial charge on any atom is -0.381 e. The lowest BCUT2D eigenvalue weighted by molar-refractivity contribution is 0.522. The number of aromatic nitrogens is 2. The lowest BCUT2D eigenvalue weighted by Crippen LogP contribution is -2.08. The molecule has 0 unspecified atom stereocenters. The van der Waals surface area contributed by atoms with E-state index in [1.54, 1.807) is 12.1 Å². The van der Waals surface area contributed by atoms with Crippen molar-refractivity contribution in [2.45, 2.75) is 32.4 Å². The number of aryl methyl sites for hydroxylation is 2. The number of nitrogens with one attached hydrogen (secondary N) is 1. The van der Waals surface area contributed by atoms with E-state index < -0.39 is 0 Å². The number of fused-ring (bicyclic) bond motifs is 1. The number of hydrogen-bond acceptors (Lipinski definition) is 2. The van der Waals surface area contributed by atoms with Crippen LogP contribution in [-0.4, -0.2) is 9.55 Å². The molecule has 0 fully saturated rings. The van der Waals surface area contributed by atoms with Gasteiger partial charge >= 0.3 is 0 Å². The zero-order valence-electron chi connectivity index (χ0n) is 13.5. The topological polar surface area (TPSA) is 29.9 Å². The monoisotopic (exact) mass is 321 g/mol. The molecule has 2 heterocycles. The average Bonchev–Trinajstić information content (AvgIpc) is 3.06. The van der Waals surface area contributed by atoms with Crippen LogP contribution < -0.4 is 5.32 Å². The molecule has 24 heavy (non-hydrogen) atoms. The molecule has 3 aromatic rings. The minimum atomic E-state index is -0.203. The Balaban J connectivity index is 1.44. The van der Waals surface area contributed by atoms with Crippen LogP contribution in [0.2, 0.25) is 0 Å². The summed E-state index contributed by atoms with van der Waals surface area (Å²) in [4.78, 5) is 4.76. The van der Waals surface area contributed by atoms with E-state index in [9.17, 15) is 4.39 Å². The number of anilines is 1. The van der Waals surface area contributed by atoms with Gasteiger partial charge in [-0.2, -0.15) is 0 Å². The molecule has 1 aliphatic heterocycles. The Kier molecular flexibility index (Phi) is 4.03. The van der Waals surface area contributed by atoms with Crippen molar-refractivity contribution in [3.05, 3.63) is 71.9 Å². The van der Waals surface area contributed by atoms with Crippen molar-refractivity contribution >= 4 is 5.69 Å². The molecule has 1 N–H and O–H groups in total. The Labute approximate surface area is 141 Å². The van der Waals surface area contributed by atoms with Gasteiger partial charge in [0.1, 0.15) is 11.6 Å². The first-order valence-corrected chi connectivity index (χ1v) is 8.43. The first-order valence-electron chi connectivity index (χ1n) is 8.43. The fourth-order valence-electron chi connectivity index (χ4n) is 3.12. The molecule has 1 aromatic heterocycles. The molecule has 0 amide bonds. The molecule has 0 saturated heterocycles. The third kappa shape index (κ3) is 3.18. The van der Waals surface area contributed by atoms with Gasteiger partial charge in [0.05, 0.1) is 5.69 Å². The molecule has 0 saturated carbocycles. The van der Waals surface area contributed by atoms with Gasteiger partial charge in [0.2, 0.25) is 0 Å². The maximum atomic E-state index is 12.9. The number of hydrogen-bond donors (Lipinski definition) is 1. The average molecular weight is 321 g/mol. The zero-order chi connectivity index (χ0) is 16.4. The smallest absolute Gasteiger partial charge is 0.123 e. The highest BCUT2D eigenvalue weighted by atomic mass is 19.1. The maximum absolute atomic E-state index is 12.9. The van der Waals surface area contributed by atoms with E-state index >= 15 is 0 Å². The molecule has 0 aliphatic carbocycles. The Morgan fingerprint density at radius 3 is 2.54 bits per heavy atom. The zero-order valence-corrected chi connectivity index (χ0v) is 13.5. The van der Waals surface area contributed by atoms with Gasteiger partial charge in [-0.1, -0.05) is 24.3 Å². The van der Waals surface area contributed by atoms with E-state index in [0.717, 1.165) is 35.5 Å². The Hall–Kier alpha value is -2.62. The number of benzene rings is 2. The van der Waals surface area contributed by atoms with E-state index in [4.69, 9.17) is 4.98 Å². The summed E-state index contributed by atoms with van der Waals surface area (Å²) in [5.74, 6) is 1.00. The van der Waals surface area contributed by atoms with Gasteiger partial charge in [0.15, 0.2) is 0 Å². The van der Waals surface area contributed by atoms with E-state index in [0.29, 0.717) is 6.54 Å². The highest BCUT2D eigenvalue weighted by Crippen LogP contribution is 2.24. The summed E-state index contributed by atoms with van der Waals surface area (Å²) in [6.45, 7) is 1.76. The number of nitrogens with zero attached hydrogens (tertiary/aromatic N) is 2. The summed E-state index contributed by atoms with van der Waals surface area (Å²) in [5.41, 5.74) is 4.30. The highest BCUT2D eigenvalue weighted by Gasteiger charge is 2.12. The second kappa shape index (κ2) is 6.48. The van der Waals surface area contributed by atoms with Crippen molar-refractivity contribution in [1.29, 1.82) is 0 Å². The van der Waals surface area contributed by atoms with Crippen LogP contribution in [-0.2, 0) is 19.5 Å². The van der Waals surface area contributed by atoms with Crippen LogP contribution in [0.1, 0.15) is 24.2 Å². The van der Waals surface area contributed by atoms with Crippen LogP contribution in [0.15, 0.2) is 54.7 Å². The third-order valence-corrected chi connectivity index (χ3v) is 4.50. The third-order valence-electron chi connectivity index (χ3n) is 4.50. The summed E-state index contributed by atoms with van der Waals surface area (Å²) in [6.07, 6.45) is 5.73. The summed E-state index contributed by atoms with van der Waals surface area (Å²) < 4.78 is 15.2. The van der Waals surface area contributed by atoms with E-state index in [2.05, 4.69) is 40.3 Å². The van der Waals surface area contributed by atoms with E-state index in [1.165, 1.54) is 30.8 Å². The molecular weight excluding hydrogens is 301 g/mol. The molecular formula is C20H20FN3. The van der Waals surface area contributed by atoms with Crippen LogP contribution in [0.5, 0.6) is 0 Å². The molecule has 0 bridgehead atoms. The van der Waals surface area contributed by atoms with E-state index in [-0.39, 0.29) is 5.82 Å². The number of imidazole rings is 1. The van der Waals surface area contributed by atoms with Crippen molar-refractivity contribution in [2.24, 2.45) is 0 Å². The lowest BCUT2D eigenvalue weighted by Gasteiger charge is -2.11. The SMILES string of the molecule is Fc1ccc(CNc2ccc(-c3cn4c(n3)CCCC4)cc2)cc1. The Bertz CT molecular complexity index is 796. The first-order chi connectivity index (χ1) is 11.8. The Morgan fingerprint density at radius 2 is 1.79 bits per heavy atom. The van der Waals surface area contributed by atoms with Crippen LogP contribution in [0.4, 0.5) is 10.1 Å². The molecule has 0 spiro atoms. The van der Waals surface area contributed by atoms with Crippen LogP contribution in [0, 0.1) is 5.82 Å².